The van der Waals surface area contributed by atoms with Crippen molar-refractivity contribution in [2.75, 3.05) is 5.32 Å². The van der Waals surface area contributed by atoms with Gasteiger partial charge in [0.1, 0.15) is 5.82 Å². The normalized spacial score (nSPS) is 12.0. The highest BCUT2D eigenvalue weighted by Gasteiger charge is 2.08. The molecule has 0 fully saturated rings. The van der Waals surface area contributed by atoms with Gasteiger partial charge in [0.05, 0.1) is 6.04 Å². The van der Waals surface area contributed by atoms with Crippen LogP contribution < -0.4 is 10.6 Å². The van der Waals surface area contributed by atoms with Crippen molar-refractivity contribution in [3.8, 4) is 0 Å². The molecule has 0 amide bonds. The molecule has 4 heteroatoms. The summed E-state index contributed by atoms with van der Waals surface area (Å²) in [6, 6.07) is 14.8. The van der Waals surface area contributed by atoms with Crippen LogP contribution in [0.2, 0.25) is 0 Å². The number of hydrogen-bond acceptors (Lipinski definition) is 1. The van der Waals surface area contributed by atoms with Crippen molar-refractivity contribution in [2.45, 2.75) is 32.7 Å². The van der Waals surface area contributed by atoms with Crippen molar-refractivity contribution in [3.05, 3.63) is 65.5 Å². The van der Waals surface area contributed by atoms with Gasteiger partial charge in [0.2, 0.25) is 0 Å². The standard InChI is InChI=1S/C18H21FN2S/c1-12(2)14-7-9-15(10-8-14)13(3)20-18(22)21-17-6-4-5-16(19)11-17/h4-13H,1-3H3,(H2,20,21,22). The molecule has 2 nitrogen and oxygen atoms in total. The van der Waals surface area contributed by atoms with Crippen molar-refractivity contribution in [2.24, 2.45) is 0 Å². The Balaban J connectivity index is 1.96. The maximum Gasteiger partial charge on any atom is 0.171 e. The first-order valence-electron chi connectivity index (χ1n) is 7.38. The lowest BCUT2D eigenvalue weighted by Gasteiger charge is -2.18. The summed E-state index contributed by atoms with van der Waals surface area (Å²) in [5.74, 6) is 0.234. The van der Waals surface area contributed by atoms with E-state index in [4.69, 9.17) is 12.2 Å². The van der Waals surface area contributed by atoms with Gasteiger partial charge in [-0.1, -0.05) is 44.2 Å². The van der Waals surface area contributed by atoms with Crippen molar-refractivity contribution in [1.29, 1.82) is 0 Å². The summed E-state index contributed by atoms with van der Waals surface area (Å²) >= 11 is 5.28. The van der Waals surface area contributed by atoms with E-state index in [0.29, 0.717) is 16.7 Å². The monoisotopic (exact) mass is 316 g/mol. The lowest BCUT2D eigenvalue weighted by atomic mass is 10.00. The van der Waals surface area contributed by atoms with E-state index in [2.05, 4.69) is 48.7 Å². The van der Waals surface area contributed by atoms with Gasteiger partial charge in [-0.25, -0.2) is 4.39 Å². The Morgan fingerprint density at radius 2 is 1.64 bits per heavy atom. The van der Waals surface area contributed by atoms with Crippen LogP contribution >= 0.6 is 12.2 Å². The SMILES string of the molecule is CC(C)c1ccc(C(C)NC(=S)Nc2cccc(F)c2)cc1. The van der Waals surface area contributed by atoms with E-state index in [-0.39, 0.29) is 11.9 Å². The number of benzene rings is 2. The first kappa shape index (κ1) is 16.4. The van der Waals surface area contributed by atoms with Crippen LogP contribution in [0.25, 0.3) is 0 Å². The van der Waals surface area contributed by atoms with Crippen LogP contribution in [0.3, 0.4) is 0 Å². The zero-order valence-corrected chi connectivity index (χ0v) is 13.9. The second kappa shape index (κ2) is 7.36. The van der Waals surface area contributed by atoms with Gasteiger partial charge in [0.15, 0.2) is 5.11 Å². The summed E-state index contributed by atoms with van der Waals surface area (Å²) in [5, 5.41) is 6.68. The van der Waals surface area contributed by atoms with E-state index in [0.717, 1.165) is 5.56 Å². The van der Waals surface area contributed by atoms with Crippen LogP contribution in [0.1, 0.15) is 43.9 Å². The number of halogens is 1. The molecule has 0 radical (unpaired) electrons. The lowest BCUT2D eigenvalue weighted by molar-refractivity contribution is 0.628. The van der Waals surface area contributed by atoms with E-state index in [1.165, 1.54) is 17.7 Å². The Morgan fingerprint density at radius 3 is 2.23 bits per heavy atom. The van der Waals surface area contributed by atoms with Gasteiger partial charge in [-0.3, -0.25) is 0 Å². The lowest BCUT2D eigenvalue weighted by Crippen LogP contribution is -2.30. The molecule has 2 rings (SSSR count). The third-order valence-electron chi connectivity index (χ3n) is 3.53. The highest BCUT2D eigenvalue weighted by molar-refractivity contribution is 7.80. The second-order valence-corrected chi connectivity index (χ2v) is 6.06. The highest BCUT2D eigenvalue weighted by Crippen LogP contribution is 2.18. The molecule has 1 unspecified atom stereocenters. The summed E-state index contributed by atoms with van der Waals surface area (Å²) in [6.45, 7) is 6.40. The van der Waals surface area contributed by atoms with Crippen molar-refractivity contribution in [3.63, 3.8) is 0 Å². The minimum absolute atomic E-state index is 0.0785. The van der Waals surface area contributed by atoms with E-state index in [1.807, 2.05) is 6.92 Å². The quantitative estimate of drug-likeness (QED) is 0.777. The van der Waals surface area contributed by atoms with E-state index in [9.17, 15) is 4.39 Å². The molecule has 2 aromatic rings. The zero-order chi connectivity index (χ0) is 16.1. The predicted octanol–water partition coefficient (Wildman–Crippen LogP) is 5.00. The first-order valence-corrected chi connectivity index (χ1v) is 7.79. The smallest absolute Gasteiger partial charge is 0.171 e. The Labute approximate surface area is 136 Å². The minimum atomic E-state index is -0.287. The van der Waals surface area contributed by atoms with Crippen LogP contribution in [-0.4, -0.2) is 5.11 Å². The van der Waals surface area contributed by atoms with Crippen molar-refractivity contribution < 1.29 is 4.39 Å². The average molecular weight is 316 g/mol. The maximum atomic E-state index is 13.1. The highest BCUT2D eigenvalue weighted by atomic mass is 32.1. The van der Waals surface area contributed by atoms with Gasteiger partial charge in [0, 0.05) is 5.69 Å². The van der Waals surface area contributed by atoms with Crippen LogP contribution in [0.5, 0.6) is 0 Å². The zero-order valence-electron chi connectivity index (χ0n) is 13.1. The Hall–Kier alpha value is -1.94. The molecule has 0 saturated carbocycles. The van der Waals surface area contributed by atoms with Crippen molar-refractivity contribution >= 4 is 23.0 Å². The van der Waals surface area contributed by atoms with E-state index < -0.39 is 0 Å². The molecule has 0 aromatic heterocycles. The van der Waals surface area contributed by atoms with E-state index >= 15 is 0 Å². The number of hydrogen-bond donors (Lipinski definition) is 2. The maximum absolute atomic E-state index is 13.1. The predicted molar refractivity (Wildman–Crippen MR) is 94.7 cm³/mol. The molecular formula is C18H21FN2S. The van der Waals surface area contributed by atoms with Crippen molar-refractivity contribution in [1.82, 2.24) is 5.32 Å². The number of nitrogens with one attached hydrogen (secondary N) is 2. The minimum Gasteiger partial charge on any atom is -0.356 e. The van der Waals surface area contributed by atoms with Gasteiger partial charge < -0.3 is 10.6 Å². The summed E-state index contributed by atoms with van der Waals surface area (Å²) in [6.07, 6.45) is 0. The molecule has 0 heterocycles. The summed E-state index contributed by atoms with van der Waals surface area (Å²) in [7, 11) is 0. The molecule has 2 N–H and O–H groups in total. The summed E-state index contributed by atoms with van der Waals surface area (Å²) < 4.78 is 13.1. The molecular weight excluding hydrogens is 295 g/mol. The fourth-order valence-electron chi connectivity index (χ4n) is 2.18. The Morgan fingerprint density at radius 1 is 1.00 bits per heavy atom. The largest absolute Gasteiger partial charge is 0.356 e. The van der Waals surface area contributed by atoms with Crippen LogP contribution in [0.4, 0.5) is 10.1 Å². The molecule has 2 aromatic carbocycles. The number of thiocarbonyl (C=S) groups is 1. The Kier molecular flexibility index (Phi) is 5.50. The Bertz CT molecular complexity index is 638. The second-order valence-electron chi connectivity index (χ2n) is 5.65. The summed E-state index contributed by atoms with van der Waals surface area (Å²) in [4.78, 5) is 0. The van der Waals surface area contributed by atoms with E-state index in [1.54, 1.807) is 12.1 Å². The molecule has 0 aliphatic rings. The molecule has 0 aliphatic carbocycles. The molecule has 22 heavy (non-hydrogen) atoms. The van der Waals surface area contributed by atoms with Gasteiger partial charge in [-0.05, 0) is 54.4 Å². The molecule has 1 atom stereocenters. The van der Waals surface area contributed by atoms with Crippen LogP contribution in [0.15, 0.2) is 48.5 Å². The molecule has 0 saturated heterocycles. The van der Waals surface area contributed by atoms with Gasteiger partial charge in [-0.15, -0.1) is 0 Å². The molecule has 0 bridgehead atoms. The third kappa shape index (κ3) is 4.53. The van der Waals surface area contributed by atoms with Crippen LogP contribution in [0, 0.1) is 5.82 Å². The number of anilines is 1. The van der Waals surface area contributed by atoms with Gasteiger partial charge in [-0.2, -0.15) is 0 Å². The summed E-state index contributed by atoms with van der Waals surface area (Å²) in [5.41, 5.74) is 3.11. The first-order chi connectivity index (χ1) is 10.5. The number of rotatable bonds is 4. The van der Waals surface area contributed by atoms with Crippen LogP contribution in [-0.2, 0) is 0 Å². The molecule has 0 aliphatic heterocycles. The average Bonchev–Trinajstić information content (AvgIpc) is 2.47. The molecule has 0 spiro atoms. The van der Waals surface area contributed by atoms with Gasteiger partial charge >= 0.3 is 0 Å². The fourth-order valence-corrected chi connectivity index (χ4v) is 2.48. The van der Waals surface area contributed by atoms with Gasteiger partial charge in [0.25, 0.3) is 0 Å². The topological polar surface area (TPSA) is 24.1 Å². The molecule has 116 valence electrons. The third-order valence-corrected chi connectivity index (χ3v) is 3.75. The fraction of sp³-hybridized carbons (Fsp3) is 0.278.